The van der Waals surface area contributed by atoms with Gasteiger partial charge in [-0.25, -0.2) is 0 Å². The highest BCUT2D eigenvalue weighted by molar-refractivity contribution is 5.99. The zero-order valence-electron chi connectivity index (χ0n) is 13.1. The fourth-order valence-corrected chi connectivity index (χ4v) is 3.14. The monoisotopic (exact) mass is 278 g/mol. The van der Waals surface area contributed by atoms with Crippen molar-refractivity contribution in [1.82, 2.24) is 9.47 Å². The molecule has 4 heteroatoms. The number of likely N-dealkylation sites (N-methyl/N-ethyl adjacent to an activating group) is 1. The van der Waals surface area contributed by atoms with Crippen molar-refractivity contribution < 1.29 is 9.53 Å². The summed E-state index contributed by atoms with van der Waals surface area (Å²) in [6.45, 7) is 9.26. The van der Waals surface area contributed by atoms with Crippen LogP contribution in [0, 0.1) is 13.8 Å². The molecular formula is C16H26N2O2. The number of aromatic nitrogens is 1. The van der Waals surface area contributed by atoms with Crippen molar-refractivity contribution in [2.45, 2.75) is 46.2 Å². The summed E-state index contributed by atoms with van der Waals surface area (Å²) < 4.78 is 7.57. The van der Waals surface area contributed by atoms with E-state index in [-0.39, 0.29) is 5.78 Å². The van der Waals surface area contributed by atoms with Gasteiger partial charge in [0.15, 0.2) is 5.78 Å². The van der Waals surface area contributed by atoms with E-state index in [4.69, 9.17) is 4.74 Å². The lowest BCUT2D eigenvalue weighted by Crippen LogP contribution is -2.39. The largest absolute Gasteiger partial charge is 0.381 e. The zero-order chi connectivity index (χ0) is 14.7. The van der Waals surface area contributed by atoms with E-state index in [1.807, 2.05) is 20.0 Å². The molecule has 1 fully saturated rings. The Morgan fingerprint density at radius 1 is 1.40 bits per heavy atom. The minimum Gasteiger partial charge on any atom is -0.381 e. The molecule has 1 aliphatic heterocycles. The third-order valence-corrected chi connectivity index (χ3v) is 4.40. The van der Waals surface area contributed by atoms with E-state index in [1.165, 1.54) is 5.69 Å². The Morgan fingerprint density at radius 3 is 2.60 bits per heavy atom. The average molecular weight is 278 g/mol. The topological polar surface area (TPSA) is 34.5 Å². The number of carbonyl (C=O) groups excluding carboxylic acids is 1. The summed E-state index contributed by atoms with van der Waals surface area (Å²) in [7, 11) is 2.05. The molecule has 112 valence electrons. The van der Waals surface area contributed by atoms with Gasteiger partial charge in [0.05, 0.1) is 6.54 Å². The second-order valence-electron chi connectivity index (χ2n) is 5.71. The Kier molecular flexibility index (Phi) is 5.00. The van der Waals surface area contributed by atoms with Crippen LogP contribution in [0.3, 0.4) is 0 Å². The number of ketones is 1. The van der Waals surface area contributed by atoms with E-state index in [1.54, 1.807) is 0 Å². The molecule has 1 aromatic heterocycles. The van der Waals surface area contributed by atoms with Crippen LogP contribution in [0.4, 0.5) is 0 Å². The van der Waals surface area contributed by atoms with E-state index < -0.39 is 0 Å². The van der Waals surface area contributed by atoms with Crippen molar-refractivity contribution in [2.75, 3.05) is 26.8 Å². The SMILES string of the molecule is CCn1c(C)cc(C(=O)CN(C)C2CCOCC2)c1C. The normalized spacial score (nSPS) is 16.9. The molecule has 4 nitrogen and oxygen atoms in total. The quantitative estimate of drug-likeness (QED) is 0.776. The molecule has 20 heavy (non-hydrogen) atoms. The molecular weight excluding hydrogens is 252 g/mol. The number of Topliss-reactive ketones (excluding diaryl/α,β-unsaturated/α-hetero) is 1. The number of aryl methyl sites for hydroxylation is 1. The Balaban J connectivity index is 2.04. The van der Waals surface area contributed by atoms with Crippen molar-refractivity contribution in [3.05, 3.63) is 23.0 Å². The molecule has 2 heterocycles. The molecule has 0 N–H and O–H groups in total. The van der Waals surface area contributed by atoms with Crippen molar-refractivity contribution in [1.29, 1.82) is 0 Å². The second-order valence-corrected chi connectivity index (χ2v) is 5.71. The van der Waals surface area contributed by atoms with Crippen LogP contribution in [0.5, 0.6) is 0 Å². The highest BCUT2D eigenvalue weighted by Gasteiger charge is 2.22. The molecule has 0 aliphatic carbocycles. The van der Waals surface area contributed by atoms with E-state index in [0.717, 1.165) is 43.9 Å². The van der Waals surface area contributed by atoms with Crippen molar-refractivity contribution >= 4 is 5.78 Å². The fraction of sp³-hybridized carbons (Fsp3) is 0.688. The van der Waals surface area contributed by atoms with Crippen LogP contribution in [0.1, 0.15) is 41.5 Å². The number of rotatable bonds is 5. The first-order valence-corrected chi connectivity index (χ1v) is 7.52. The summed E-state index contributed by atoms with van der Waals surface area (Å²) in [6, 6.07) is 2.50. The van der Waals surface area contributed by atoms with Gasteiger partial charge in [-0.05, 0) is 46.7 Å². The van der Waals surface area contributed by atoms with Gasteiger partial charge in [-0.1, -0.05) is 0 Å². The first kappa shape index (κ1) is 15.3. The van der Waals surface area contributed by atoms with Crippen LogP contribution in [0.15, 0.2) is 6.07 Å². The molecule has 1 saturated heterocycles. The minimum atomic E-state index is 0.229. The minimum absolute atomic E-state index is 0.229. The molecule has 0 saturated carbocycles. The Hall–Kier alpha value is -1.13. The Bertz CT molecular complexity index is 473. The van der Waals surface area contributed by atoms with Gasteiger partial charge in [-0.15, -0.1) is 0 Å². The van der Waals surface area contributed by atoms with Gasteiger partial charge in [0.25, 0.3) is 0 Å². The first-order valence-electron chi connectivity index (χ1n) is 7.52. The van der Waals surface area contributed by atoms with E-state index >= 15 is 0 Å². The Labute approximate surface area is 121 Å². The van der Waals surface area contributed by atoms with Gasteiger partial charge >= 0.3 is 0 Å². The van der Waals surface area contributed by atoms with Crippen LogP contribution in [0.2, 0.25) is 0 Å². The molecule has 0 atom stereocenters. The molecule has 0 spiro atoms. The summed E-state index contributed by atoms with van der Waals surface area (Å²) >= 11 is 0. The maximum absolute atomic E-state index is 12.5. The summed E-state index contributed by atoms with van der Waals surface area (Å²) in [5.41, 5.74) is 3.14. The second kappa shape index (κ2) is 6.55. The maximum Gasteiger partial charge on any atom is 0.178 e. The van der Waals surface area contributed by atoms with E-state index in [9.17, 15) is 4.79 Å². The van der Waals surface area contributed by atoms with Crippen LogP contribution in [0.25, 0.3) is 0 Å². The third-order valence-electron chi connectivity index (χ3n) is 4.40. The average Bonchev–Trinajstić information content (AvgIpc) is 2.74. The fourth-order valence-electron chi connectivity index (χ4n) is 3.14. The number of ether oxygens (including phenoxy) is 1. The molecule has 0 unspecified atom stereocenters. The molecule has 0 amide bonds. The molecule has 2 rings (SSSR count). The lowest BCUT2D eigenvalue weighted by atomic mass is 10.1. The van der Waals surface area contributed by atoms with E-state index in [2.05, 4.69) is 23.3 Å². The van der Waals surface area contributed by atoms with Gasteiger partial charge in [-0.3, -0.25) is 9.69 Å². The summed E-state index contributed by atoms with van der Waals surface area (Å²) in [4.78, 5) is 14.7. The predicted octanol–water partition coefficient (Wildman–Crippen LogP) is 2.42. The van der Waals surface area contributed by atoms with Crippen molar-refractivity contribution in [3.63, 3.8) is 0 Å². The van der Waals surface area contributed by atoms with Gasteiger partial charge in [-0.2, -0.15) is 0 Å². The maximum atomic E-state index is 12.5. The standard InChI is InChI=1S/C16H26N2O2/c1-5-18-12(2)10-15(13(18)3)16(19)11-17(4)14-6-8-20-9-7-14/h10,14H,5-9,11H2,1-4H3. The highest BCUT2D eigenvalue weighted by atomic mass is 16.5. The highest BCUT2D eigenvalue weighted by Crippen LogP contribution is 2.18. The van der Waals surface area contributed by atoms with Crippen molar-refractivity contribution in [3.8, 4) is 0 Å². The lowest BCUT2D eigenvalue weighted by Gasteiger charge is -2.30. The summed E-state index contributed by atoms with van der Waals surface area (Å²) in [5.74, 6) is 0.229. The molecule has 0 bridgehead atoms. The van der Waals surface area contributed by atoms with Crippen molar-refractivity contribution in [2.24, 2.45) is 0 Å². The Morgan fingerprint density at radius 2 is 2.05 bits per heavy atom. The predicted molar refractivity (Wildman–Crippen MR) is 80.4 cm³/mol. The zero-order valence-corrected chi connectivity index (χ0v) is 13.1. The number of carbonyl (C=O) groups is 1. The molecule has 1 aliphatic rings. The third kappa shape index (κ3) is 3.13. The number of hydrogen-bond acceptors (Lipinski definition) is 3. The van der Waals surface area contributed by atoms with Gasteiger partial charge in [0.2, 0.25) is 0 Å². The molecule has 0 radical (unpaired) electrons. The van der Waals surface area contributed by atoms with E-state index in [0.29, 0.717) is 12.6 Å². The summed E-state index contributed by atoms with van der Waals surface area (Å²) in [5, 5.41) is 0. The summed E-state index contributed by atoms with van der Waals surface area (Å²) in [6.07, 6.45) is 2.05. The van der Waals surface area contributed by atoms with Gasteiger partial charge in [0.1, 0.15) is 0 Å². The smallest absolute Gasteiger partial charge is 0.178 e. The first-order chi connectivity index (χ1) is 9.54. The van der Waals surface area contributed by atoms with Gasteiger partial charge < -0.3 is 9.30 Å². The van der Waals surface area contributed by atoms with Crippen LogP contribution in [-0.4, -0.2) is 48.1 Å². The van der Waals surface area contributed by atoms with Crippen LogP contribution < -0.4 is 0 Å². The molecule has 0 aromatic carbocycles. The van der Waals surface area contributed by atoms with Crippen LogP contribution in [-0.2, 0) is 11.3 Å². The van der Waals surface area contributed by atoms with Crippen LogP contribution >= 0.6 is 0 Å². The molecule has 1 aromatic rings. The number of hydrogen-bond donors (Lipinski definition) is 0. The lowest BCUT2D eigenvalue weighted by molar-refractivity contribution is 0.0418. The number of nitrogens with zero attached hydrogens (tertiary/aromatic N) is 2. The van der Waals surface area contributed by atoms with Gasteiger partial charge in [0, 0.05) is 42.8 Å².